The highest BCUT2D eigenvalue weighted by molar-refractivity contribution is 7.91. The summed E-state index contributed by atoms with van der Waals surface area (Å²) in [5, 5.41) is 3.33. The van der Waals surface area contributed by atoms with Gasteiger partial charge in [0, 0.05) is 29.9 Å². The third-order valence-corrected chi connectivity index (χ3v) is 7.73. The van der Waals surface area contributed by atoms with Gasteiger partial charge in [-0.15, -0.1) is 0 Å². The second kappa shape index (κ2) is 8.03. The largest absolute Gasteiger partial charge is 0.352 e. The molecule has 0 spiro atoms. The molecule has 2 aromatic heterocycles. The molecule has 1 aliphatic rings. The quantitative estimate of drug-likeness (QED) is 0.377. The van der Waals surface area contributed by atoms with E-state index in [4.69, 9.17) is 0 Å². The van der Waals surface area contributed by atoms with Crippen molar-refractivity contribution in [1.82, 2.24) is 9.38 Å². The van der Waals surface area contributed by atoms with Gasteiger partial charge in [0.1, 0.15) is 0 Å². The van der Waals surface area contributed by atoms with Crippen LogP contribution in [0.15, 0.2) is 112 Å². The minimum absolute atomic E-state index is 0.221. The van der Waals surface area contributed by atoms with Gasteiger partial charge in [-0.2, -0.15) is 0 Å². The topological polar surface area (TPSA) is 92.9 Å². The Kier molecular flexibility index (Phi) is 4.82. The van der Waals surface area contributed by atoms with Gasteiger partial charge in [0.05, 0.1) is 26.7 Å². The molecule has 0 bridgehead atoms. The van der Waals surface area contributed by atoms with Crippen molar-refractivity contribution in [1.29, 1.82) is 0 Å². The van der Waals surface area contributed by atoms with E-state index in [1.165, 1.54) is 0 Å². The fourth-order valence-electron chi connectivity index (χ4n) is 4.18. The molecule has 0 unspecified atom stereocenters. The predicted octanol–water partition coefficient (Wildman–Crippen LogP) is 5.15. The number of aromatic nitrogens is 2. The molecule has 0 aliphatic carbocycles. The molecule has 3 aromatic carbocycles. The van der Waals surface area contributed by atoms with E-state index in [0.717, 1.165) is 28.2 Å². The van der Waals surface area contributed by atoms with Crippen molar-refractivity contribution in [2.75, 3.05) is 5.32 Å². The van der Waals surface area contributed by atoms with Crippen molar-refractivity contribution in [2.45, 2.75) is 9.79 Å². The van der Waals surface area contributed by atoms with E-state index >= 15 is 0 Å². The van der Waals surface area contributed by atoms with E-state index in [1.54, 1.807) is 73.1 Å². The number of amides is 1. The van der Waals surface area contributed by atoms with Gasteiger partial charge in [-0.3, -0.25) is 9.20 Å². The third-order valence-electron chi connectivity index (χ3n) is 5.94. The summed E-state index contributed by atoms with van der Waals surface area (Å²) in [5.74, 6) is -0.221. The van der Waals surface area contributed by atoms with Crippen molar-refractivity contribution in [2.24, 2.45) is 4.99 Å². The molecule has 8 heteroatoms. The molecule has 0 radical (unpaired) electrons. The van der Waals surface area contributed by atoms with Crippen LogP contribution in [0.1, 0.15) is 15.9 Å². The zero-order valence-electron chi connectivity index (χ0n) is 18.3. The number of hydrogen-bond acceptors (Lipinski definition) is 5. The third kappa shape index (κ3) is 3.60. The van der Waals surface area contributed by atoms with Crippen molar-refractivity contribution in [3.05, 3.63) is 108 Å². The number of anilines is 2. The minimum atomic E-state index is -3.57. The summed E-state index contributed by atoms with van der Waals surface area (Å²) in [6.45, 7) is 0. The minimum Gasteiger partial charge on any atom is -0.352 e. The molecule has 0 saturated heterocycles. The first-order valence-electron chi connectivity index (χ1n) is 10.9. The van der Waals surface area contributed by atoms with Gasteiger partial charge in [-0.25, -0.2) is 18.4 Å². The SMILES string of the molecule is O=C1N=Cc2cc(-c3ccc(Nc4ccc(S(=O)(=O)c5ccccc5)cc4)c4nccn34)ccc21. The van der Waals surface area contributed by atoms with Crippen LogP contribution in [-0.4, -0.2) is 29.9 Å². The maximum Gasteiger partial charge on any atom is 0.277 e. The monoisotopic (exact) mass is 478 g/mol. The maximum atomic E-state index is 12.8. The molecule has 6 rings (SSSR count). The van der Waals surface area contributed by atoms with E-state index in [-0.39, 0.29) is 15.7 Å². The van der Waals surface area contributed by atoms with E-state index in [9.17, 15) is 13.2 Å². The molecule has 3 heterocycles. The average Bonchev–Trinajstić information content (AvgIpc) is 3.52. The molecule has 0 fully saturated rings. The fraction of sp³-hybridized carbons (Fsp3) is 0. The smallest absolute Gasteiger partial charge is 0.277 e. The number of fused-ring (bicyclic) bond motifs is 2. The van der Waals surface area contributed by atoms with E-state index < -0.39 is 9.84 Å². The van der Waals surface area contributed by atoms with Gasteiger partial charge in [-0.05, 0) is 66.2 Å². The number of rotatable bonds is 5. The van der Waals surface area contributed by atoms with Crippen LogP contribution in [0, 0.1) is 0 Å². The number of carbonyl (C=O) groups excluding carboxylic acids is 1. The Balaban J connectivity index is 1.31. The molecule has 35 heavy (non-hydrogen) atoms. The lowest BCUT2D eigenvalue weighted by Gasteiger charge is -2.13. The number of sulfone groups is 1. The Morgan fingerprint density at radius 3 is 2.40 bits per heavy atom. The molecule has 7 nitrogen and oxygen atoms in total. The Morgan fingerprint density at radius 1 is 0.829 bits per heavy atom. The Hall–Kier alpha value is -4.56. The van der Waals surface area contributed by atoms with Gasteiger partial charge in [-0.1, -0.05) is 24.3 Å². The molecule has 1 N–H and O–H groups in total. The van der Waals surface area contributed by atoms with Gasteiger partial charge in [0.2, 0.25) is 9.84 Å². The number of nitrogens with zero attached hydrogens (tertiary/aromatic N) is 3. The number of nitrogens with one attached hydrogen (secondary N) is 1. The zero-order valence-corrected chi connectivity index (χ0v) is 19.1. The van der Waals surface area contributed by atoms with Crippen LogP contribution < -0.4 is 5.32 Å². The highest BCUT2D eigenvalue weighted by Gasteiger charge is 2.18. The predicted molar refractivity (Wildman–Crippen MR) is 134 cm³/mol. The molecular weight excluding hydrogens is 460 g/mol. The second-order valence-corrected chi connectivity index (χ2v) is 10.0. The fourth-order valence-corrected chi connectivity index (χ4v) is 5.46. The van der Waals surface area contributed by atoms with Gasteiger partial charge in [0.25, 0.3) is 5.91 Å². The van der Waals surface area contributed by atoms with Crippen molar-refractivity contribution in [3.8, 4) is 11.3 Å². The first-order chi connectivity index (χ1) is 17.0. The summed E-state index contributed by atoms with van der Waals surface area (Å²) in [5.41, 5.74) is 5.49. The highest BCUT2D eigenvalue weighted by atomic mass is 32.2. The molecule has 0 atom stereocenters. The van der Waals surface area contributed by atoms with Gasteiger partial charge in [0.15, 0.2) is 5.65 Å². The van der Waals surface area contributed by atoms with Crippen molar-refractivity contribution in [3.63, 3.8) is 0 Å². The number of imidazole rings is 1. The van der Waals surface area contributed by atoms with Crippen LogP contribution in [0.3, 0.4) is 0 Å². The molecule has 170 valence electrons. The standard InChI is InChI=1S/C27H18N4O3S/c32-27-23-11-6-18(16-19(23)17-29-27)25-13-12-24(26-28-14-15-31(25)26)30-20-7-9-22(10-8-20)35(33,34)21-4-2-1-3-5-21/h1-17,30H. The van der Waals surface area contributed by atoms with Crippen LogP contribution >= 0.6 is 0 Å². The first-order valence-corrected chi connectivity index (χ1v) is 12.4. The normalized spacial score (nSPS) is 12.7. The van der Waals surface area contributed by atoms with Crippen molar-refractivity contribution >= 4 is 39.0 Å². The molecule has 1 amide bonds. The van der Waals surface area contributed by atoms with Gasteiger partial charge >= 0.3 is 0 Å². The molecule has 0 saturated carbocycles. The number of carbonyl (C=O) groups is 1. The Morgan fingerprint density at radius 2 is 1.60 bits per heavy atom. The van der Waals surface area contributed by atoms with Crippen molar-refractivity contribution < 1.29 is 13.2 Å². The Bertz CT molecular complexity index is 1740. The molecular formula is C27H18N4O3S. The summed E-state index contributed by atoms with van der Waals surface area (Å²) in [7, 11) is -3.57. The number of pyridine rings is 1. The lowest BCUT2D eigenvalue weighted by molar-refractivity contribution is 0.101. The van der Waals surface area contributed by atoms with E-state index in [0.29, 0.717) is 11.2 Å². The summed E-state index contributed by atoms with van der Waals surface area (Å²) >= 11 is 0. The second-order valence-electron chi connectivity index (χ2n) is 8.08. The lowest BCUT2D eigenvalue weighted by atomic mass is 10.0. The van der Waals surface area contributed by atoms with Crippen LogP contribution in [0.25, 0.3) is 16.9 Å². The van der Waals surface area contributed by atoms with Crippen LogP contribution in [0.5, 0.6) is 0 Å². The van der Waals surface area contributed by atoms with Gasteiger partial charge < -0.3 is 5.32 Å². The summed E-state index contributed by atoms with van der Waals surface area (Å²) < 4.78 is 27.7. The summed E-state index contributed by atoms with van der Waals surface area (Å²) in [6.07, 6.45) is 5.18. The number of hydrogen-bond donors (Lipinski definition) is 1. The zero-order chi connectivity index (χ0) is 24.0. The molecule has 5 aromatic rings. The van der Waals surface area contributed by atoms with Crippen LogP contribution in [-0.2, 0) is 9.84 Å². The maximum absolute atomic E-state index is 12.8. The highest BCUT2D eigenvalue weighted by Crippen LogP contribution is 2.30. The molecule has 1 aliphatic heterocycles. The summed E-state index contributed by atoms with van der Waals surface area (Å²) in [4.78, 5) is 20.7. The lowest BCUT2D eigenvalue weighted by Crippen LogP contribution is -2.02. The average molecular weight is 479 g/mol. The first kappa shape index (κ1) is 21.0. The Labute approximate surface area is 201 Å². The van der Waals surface area contributed by atoms with E-state index in [1.807, 2.05) is 34.9 Å². The van der Waals surface area contributed by atoms with Crippen LogP contribution in [0.2, 0.25) is 0 Å². The number of benzene rings is 3. The van der Waals surface area contributed by atoms with E-state index in [2.05, 4.69) is 15.3 Å². The number of aliphatic imine (C=N–C) groups is 1. The van der Waals surface area contributed by atoms with Crippen LogP contribution in [0.4, 0.5) is 11.4 Å². The summed E-state index contributed by atoms with van der Waals surface area (Å²) in [6, 6.07) is 24.6.